The first-order valence-electron chi connectivity index (χ1n) is 11.2. The quantitative estimate of drug-likeness (QED) is 0.477. The third kappa shape index (κ3) is 3.60. The highest BCUT2D eigenvalue weighted by Crippen LogP contribution is 2.39. The zero-order valence-corrected chi connectivity index (χ0v) is 17.3. The van der Waals surface area contributed by atoms with Crippen molar-refractivity contribution in [1.29, 1.82) is 0 Å². The van der Waals surface area contributed by atoms with Gasteiger partial charge in [0.25, 0.3) is 0 Å². The Morgan fingerprint density at radius 1 is 1.19 bits per heavy atom. The molecule has 3 aromatic heterocycles. The molecule has 10 nitrogen and oxygen atoms in total. The van der Waals surface area contributed by atoms with E-state index >= 15 is 0 Å². The second-order valence-corrected chi connectivity index (χ2v) is 8.74. The van der Waals surface area contributed by atoms with Gasteiger partial charge in [0.2, 0.25) is 17.8 Å². The zero-order chi connectivity index (χ0) is 20.8. The molecule has 0 spiro atoms. The maximum atomic E-state index is 13.0. The largest absolute Gasteiger partial charge is 0.350 e. The molecule has 31 heavy (non-hydrogen) atoms. The number of anilines is 3. The maximum absolute atomic E-state index is 13.0. The number of carbonyl (C=O) groups excluding carboxylic acids is 1. The zero-order valence-electron chi connectivity index (χ0n) is 17.3. The normalized spacial score (nSPS) is 23.5. The van der Waals surface area contributed by atoms with Gasteiger partial charge in [-0.25, -0.2) is 0 Å². The molecule has 0 bridgehead atoms. The van der Waals surface area contributed by atoms with Crippen molar-refractivity contribution in [2.75, 3.05) is 29.9 Å². The molecule has 3 aliphatic rings. The van der Waals surface area contributed by atoms with Gasteiger partial charge in [0.15, 0.2) is 5.82 Å². The lowest BCUT2D eigenvalue weighted by molar-refractivity contribution is -0.122. The van der Waals surface area contributed by atoms with Crippen LogP contribution in [-0.4, -0.2) is 62.2 Å². The second kappa shape index (κ2) is 7.52. The van der Waals surface area contributed by atoms with E-state index in [1.54, 1.807) is 0 Å². The molecule has 4 N–H and O–H groups in total. The van der Waals surface area contributed by atoms with Gasteiger partial charge in [0.05, 0.1) is 0 Å². The number of amides is 1. The average molecular weight is 422 g/mol. The summed E-state index contributed by atoms with van der Waals surface area (Å²) < 4.78 is 1.91. The van der Waals surface area contributed by atoms with E-state index < -0.39 is 0 Å². The smallest absolute Gasteiger partial charge is 0.243 e. The number of hydrogen-bond donors (Lipinski definition) is 4. The highest BCUT2D eigenvalue weighted by Gasteiger charge is 2.34. The first-order chi connectivity index (χ1) is 15.2. The van der Waals surface area contributed by atoms with Crippen molar-refractivity contribution in [3.05, 3.63) is 30.1 Å². The summed E-state index contributed by atoms with van der Waals surface area (Å²) in [5.74, 6) is 2.64. The number of aromatic nitrogens is 5. The van der Waals surface area contributed by atoms with E-state index in [0.29, 0.717) is 17.8 Å². The van der Waals surface area contributed by atoms with Crippen LogP contribution in [0.25, 0.3) is 5.65 Å². The number of hydrogen-bond acceptors (Lipinski definition) is 7. The summed E-state index contributed by atoms with van der Waals surface area (Å²) in [5, 5.41) is 17.3. The van der Waals surface area contributed by atoms with Crippen LogP contribution in [0.3, 0.4) is 0 Å². The van der Waals surface area contributed by atoms with Crippen molar-refractivity contribution in [3.8, 4) is 0 Å². The molecule has 1 amide bonds. The van der Waals surface area contributed by atoms with Crippen molar-refractivity contribution in [2.24, 2.45) is 0 Å². The Morgan fingerprint density at radius 3 is 2.97 bits per heavy atom. The number of rotatable bonds is 6. The molecule has 6 rings (SSSR count). The van der Waals surface area contributed by atoms with Gasteiger partial charge in [0.1, 0.15) is 11.7 Å². The van der Waals surface area contributed by atoms with Crippen molar-refractivity contribution >= 4 is 29.3 Å². The second-order valence-electron chi connectivity index (χ2n) is 8.74. The minimum absolute atomic E-state index is 0.0703. The summed E-state index contributed by atoms with van der Waals surface area (Å²) in [6, 6.07) is 5.92. The van der Waals surface area contributed by atoms with Gasteiger partial charge in [-0.1, -0.05) is 0 Å². The van der Waals surface area contributed by atoms with Gasteiger partial charge in [-0.2, -0.15) is 15.1 Å². The molecule has 3 fully saturated rings. The van der Waals surface area contributed by atoms with E-state index in [-0.39, 0.29) is 18.0 Å². The molecular formula is C21H27N9O. The molecule has 2 aliphatic heterocycles. The molecule has 0 aromatic carbocycles. The number of carbonyl (C=O) groups is 1. The fourth-order valence-corrected chi connectivity index (χ4v) is 4.61. The van der Waals surface area contributed by atoms with Crippen LogP contribution in [0.4, 0.5) is 17.7 Å². The molecule has 3 aromatic rings. The Morgan fingerprint density at radius 2 is 2.13 bits per heavy atom. The third-order valence-electron chi connectivity index (χ3n) is 6.45. The van der Waals surface area contributed by atoms with E-state index in [1.165, 1.54) is 18.5 Å². The fourth-order valence-electron chi connectivity index (χ4n) is 4.61. The summed E-state index contributed by atoms with van der Waals surface area (Å²) in [6.07, 6.45) is 7.10. The van der Waals surface area contributed by atoms with Gasteiger partial charge < -0.3 is 20.9 Å². The Balaban J connectivity index is 1.27. The molecule has 5 heterocycles. The first-order valence-corrected chi connectivity index (χ1v) is 11.2. The van der Waals surface area contributed by atoms with Crippen molar-refractivity contribution < 1.29 is 4.79 Å². The SMILES string of the molecule is O=C(N[C@H]1CCNC1)[C@@H]1CCCN1c1nc(Nc2cc(C3CC3)[nH]n2)n2cccc2n1. The average Bonchev–Trinajstić information content (AvgIpc) is 3.27. The summed E-state index contributed by atoms with van der Waals surface area (Å²) in [7, 11) is 0. The molecular weight excluding hydrogens is 394 g/mol. The molecule has 10 heteroatoms. The number of aromatic amines is 1. The van der Waals surface area contributed by atoms with Crippen LogP contribution in [0.5, 0.6) is 0 Å². The predicted molar refractivity (Wildman–Crippen MR) is 117 cm³/mol. The lowest BCUT2D eigenvalue weighted by Gasteiger charge is -2.25. The van der Waals surface area contributed by atoms with E-state index in [9.17, 15) is 4.79 Å². The van der Waals surface area contributed by atoms with E-state index in [2.05, 4.69) is 32.2 Å². The number of fused-ring (bicyclic) bond motifs is 1. The van der Waals surface area contributed by atoms with Gasteiger partial charge in [-0.05, 0) is 50.8 Å². The van der Waals surface area contributed by atoms with E-state index in [1.807, 2.05) is 27.6 Å². The molecule has 1 aliphatic carbocycles. The monoisotopic (exact) mass is 421 g/mol. The van der Waals surface area contributed by atoms with Crippen molar-refractivity contribution in [2.45, 2.75) is 50.1 Å². The number of nitrogens with one attached hydrogen (secondary N) is 4. The van der Waals surface area contributed by atoms with Gasteiger partial charge in [0, 0.05) is 43.0 Å². The molecule has 0 unspecified atom stereocenters. The summed E-state index contributed by atoms with van der Waals surface area (Å²) in [5.41, 5.74) is 1.95. The summed E-state index contributed by atoms with van der Waals surface area (Å²) >= 11 is 0. The highest BCUT2D eigenvalue weighted by molar-refractivity contribution is 5.85. The molecule has 2 saturated heterocycles. The van der Waals surface area contributed by atoms with Crippen LogP contribution in [0.2, 0.25) is 0 Å². The minimum atomic E-state index is -0.238. The molecule has 0 radical (unpaired) electrons. The van der Waals surface area contributed by atoms with E-state index in [4.69, 9.17) is 9.97 Å². The van der Waals surface area contributed by atoms with Crippen LogP contribution in [0.1, 0.15) is 43.7 Å². The topological polar surface area (TPSA) is 115 Å². The Labute approximate surface area is 179 Å². The van der Waals surface area contributed by atoms with E-state index in [0.717, 1.165) is 50.4 Å². The standard InChI is InChI=1S/C21H27N9O/c31-19(23-14-7-8-22-12-14)16-3-1-9-29(16)21-25-18-4-2-10-30(18)20(26-21)24-17-11-15(27-28-17)13-5-6-13/h2,4,10-11,13-14,16,22H,1,3,5-9,12H2,(H,23,31)(H2,24,25,26,27,28)/t14-,16-/m0/s1. The Hall–Kier alpha value is -3.14. The Bertz CT molecular complexity index is 1100. The maximum Gasteiger partial charge on any atom is 0.243 e. The third-order valence-corrected chi connectivity index (χ3v) is 6.45. The van der Waals surface area contributed by atoms with Crippen LogP contribution in [0.15, 0.2) is 24.4 Å². The Kier molecular flexibility index (Phi) is 4.52. The predicted octanol–water partition coefficient (Wildman–Crippen LogP) is 1.52. The first kappa shape index (κ1) is 18.6. The van der Waals surface area contributed by atoms with Crippen LogP contribution >= 0.6 is 0 Å². The summed E-state index contributed by atoms with van der Waals surface area (Å²) in [4.78, 5) is 24.6. The lowest BCUT2D eigenvalue weighted by atomic mass is 10.2. The molecule has 2 atom stereocenters. The lowest BCUT2D eigenvalue weighted by Crippen LogP contribution is -2.48. The van der Waals surface area contributed by atoms with Gasteiger partial charge in [-0.15, -0.1) is 0 Å². The van der Waals surface area contributed by atoms with Crippen molar-refractivity contribution in [1.82, 2.24) is 35.2 Å². The van der Waals surface area contributed by atoms with Crippen molar-refractivity contribution in [3.63, 3.8) is 0 Å². The summed E-state index contributed by atoms with van der Waals surface area (Å²) in [6.45, 7) is 2.56. The number of nitrogens with zero attached hydrogens (tertiary/aromatic N) is 5. The van der Waals surface area contributed by atoms with Crippen LogP contribution < -0.4 is 20.9 Å². The molecule has 1 saturated carbocycles. The van der Waals surface area contributed by atoms with Gasteiger partial charge in [-0.3, -0.25) is 14.3 Å². The van der Waals surface area contributed by atoms with Gasteiger partial charge >= 0.3 is 0 Å². The fraction of sp³-hybridized carbons (Fsp3) is 0.524. The highest BCUT2D eigenvalue weighted by atomic mass is 16.2. The minimum Gasteiger partial charge on any atom is -0.350 e. The number of H-pyrrole nitrogens is 1. The molecule has 162 valence electrons. The van der Waals surface area contributed by atoms with Crippen LogP contribution in [0, 0.1) is 0 Å². The van der Waals surface area contributed by atoms with Crippen LogP contribution in [-0.2, 0) is 4.79 Å².